The normalized spacial score (nSPS) is 15.3. The van der Waals surface area contributed by atoms with Crippen LogP contribution in [0.3, 0.4) is 0 Å². The summed E-state index contributed by atoms with van der Waals surface area (Å²) in [6.45, 7) is 0.740. The number of nitrogens with one attached hydrogen (secondary N) is 1. The Morgan fingerprint density at radius 3 is 2.48 bits per heavy atom. The molecule has 0 aromatic heterocycles. The first-order chi connectivity index (χ1) is 11.9. The van der Waals surface area contributed by atoms with Gasteiger partial charge < -0.3 is 5.32 Å². The quantitative estimate of drug-likeness (QED) is 0.811. The maximum Gasteiger partial charge on any atom is 0.255 e. The number of anilines is 1. The minimum absolute atomic E-state index is 0.0786. The van der Waals surface area contributed by atoms with Gasteiger partial charge in [-0.05, 0) is 59.1 Å². The van der Waals surface area contributed by atoms with Gasteiger partial charge in [-0.1, -0.05) is 12.1 Å². The molecule has 2 aromatic rings. The molecule has 0 saturated carbocycles. The van der Waals surface area contributed by atoms with E-state index in [4.69, 9.17) is 0 Å². The van der Waals surface area contributed by atoms with Crippen molar-refractivity contribution in [3.8, 4) is 0 Å². The number of carbonyl (C=O) groups is 1. The van der Waals surface area contributed by atoms with Crippen LogP contribution < -0.4 is 5.32 Å². The monoisotopic (exact) mass is 426 g/mol. The van der Waals surface area contributed by atoms with Gasteiger partial charge in [0.15, 0.2) is 0 Å². The van der Waals surface area contributed by atoms with E-state index in [1.807, 2.05) is 0 Å². The molecule has 1 heterocycles. The smallest absolute Gasteiger partial charge is 0.255 e. The SMILES string of the molecule is O=C(Nc1ccccc1Br)c1ccc(F)c(S(=O)(=O)N2CCCC2)c1. The predicted octanol–water partition coefficient (Wildman–Crippen LogP) is 3.63. The molecule has 0 spiro atoms. The molecular formula is C17H16BrFN2O3S. The van der Waals surface area contributed by atoms with Crippen LogP contribution in [0.2, 0.25) is 0 Å². The van der Waals surface area contributed by atoms with Gasteiger partial charge in [-0.2, -0.15) is 4.31 Å². The fourth-order valence-corrected chi connectivity index (χ4v) is 4.66. The molecule has 0 atom stereocenters. The first-order valence-corrected chi connectivity index (χ1v) is 9.98. The second-order valence-corrected chi connectivity index (χ2v) is 8.45. The van der Waals surface area contributed by atoms with Crippen LogP contribution in [0, 0.1) is 5.82 Å². The minimum Gasteiger partial charge on any atom is -0.321 e. The molecular weight excluding hydrogens is 411 g/mol. The zero-order valence-electron chi connectivity index (χ0n) is 13.2. The van der Waals surface area contributed by atoms with Crippen molar-refractivity contribution in [2.45, 2.75) is 17.7 Å². The summed E-state index contributed by atoms with van der Waals surface area (Å²) in [6.07, 6.45) is 1.51. The molecule has 1 saturated heterocycles. The third-order valence-corrected chi connectivity index (χ3v) is 6.60. The summed E-state index contributed by atoms with van der Waals surface area (Å²) in [6, 6.07) is 10.4. The molecule has 0 radical (unpaired) electrons. The number of rotatable bonds is 4. The first kappa shape index (κ1) is 18.0. The molecule has 1 aliphatic rings. The Hall–Kier alpha value is -1.77. The van der Waals surface area contributed by atoms with Crippen LogP contribution in [-0.2, 0) is 10.0 Å². The van der Waals surface area contributed by atoms with E-state index >= 15 is 0 Å². The van der Waals surface area contributed by atoms with Crippen molar-refractivity contribution < 1.29 is 17.6 Å². The Bertz CT molecular complexity index is 912. The van der Waals surface area contributed by atoms with Crippen molar-refractivity contribution in [1.82, 2.24) is 4.31 Å². The van der Waals surface area contributed by atoms with Crippen LogP contribution in [-0.4, -0.2) is 31.7 Å². The zero-order chi connectivity index (χ0) is 18.0. The Kier molecular flexibility index (Phi) is 5.21. The van der Waals surface area contributed by atoms with E-state index in [9.17, 15) is 17.6 Å². The summed E-state index contributed by atoms with van der Waals surface area (Å²) >= 11 is 3.32. The number of carbonyl (C=O) groups excluding carboxylic acids is 1. The van der Waals surface area contributed by atoms with E-state index < -0.39 is 26.6 Å². The molecule has 1 aliphatic heterocycles. The Balaban J connectivity index is 1.91. The van der Waals surface area contributed by atoms with Gasteiger partial charge in [-0.3, -0.25) is 4.79 Å². The number of hydrogen-bond donors (Lipinski definition) is 1. The van der Waals surface area contributed by atoms with Gasteiger partial charge in [0.05, 0.1) is 5.69 Å². The summed E-state index contributed by atoms with van der Waals surface area (Å²) in [5.41, 5.74) is 0.621. The lowest BCUT2D eigenvalue weighted by Crippen LogP contribution is -2.29. The number of para-hydroxylation sites is 1. The summed E-state index contributed by atoms with van der Waals surface area (Å²) in [5, 5.41) is 2.68. The maximum atomic E-state index is 14.1. The molecule has 8 heteroatoms. The minimum atomic E-state index is -3.94. The summed E-state index contributed by atoms with van der Waals surface area (Å²) in [7, 11) is -3.94. The Morgan fingerprint density at radius 2 is 1.80 bits per heavy atom. The highest BCUT2D eigenvalue weighted by atomic mass is 79.9. The number of nitrogens with zero attached hydrogens (tertiary/aromatic N) is 1. The molecule has 1 amide bonds. The van der Waals surface area contributed by atoms with E-state index in [2.05, 4.69) is 21.2 Å². The fraction of sp³-hybridized carbons (Fsp3) is 0.235. The molecule has 1 N–H and O–H groups in total. The topological polar surface area (TPSA) is 66.5 Å². The third-order valence-electron chi connectivity index (χ3n) is 4.00. The van der Waals surface area contributed by atoms with Gasteiger partial charge in [0.2, 0.25) is 10.0 Å². The van der Waals surface area contributed by atoms with Crippen molar-refractivity contribution in [1.29, 1.82) is 0 Å². The Labute approximate surface area is 154 Å². The average Bonchev–Trinajstić information content (AvgIpc) is 3.12. The predicted molar refractivity (Wildman–Crippen MR) is 96.5 cm³/mol. The van der Waals surface area contributed by atoms with Crippen LogP contribution in [0.15, 0.2) is 51.8 Å². The molecule has 5 nitrogen and oxygen atoms in total. The second kappa shape index (κ2) is 7.23. The van der Waals surface area contributed by atoms with Crippen molar-refractivity contribution in [2.24, 2.45) is 0 Å². The molecule has 2 aromatic carbocycles. The lowest BCUT2D eigenvalue weighted by atomic mass is 10.2. The number of halogens is 2. The van der Waals surface area contributed by atoms with Gasteiger partial charge in [0, 0.05) is 23.1 Å². The van der Waals surface area contributed by atoms with Crippen LogP contribution in [0.5, 0.6) is 0 Å². The van der Waals surface area contributed by atoms with E-state index in [0.29, 0.717) is 23.2 Å². The van der Waals surface area contributed by atoms with Crippen LogP contribution in [0.4, 0.5) is 10.1 Å². The van der Waals surface area contributed by atoms with Gasteiger partial charge >= 0.3 is 0 Å². The summed E-state index contributed by atoms with van der Waals surface area (Å²) in [4.78, 5) is 12.0. The highest BCUT2D eigenvalue weighted by Gasteiger charge is 2.30. The van der Waals surface area contributed by atoms with Crippen LogP contribution in [0.1, 0.15) is 23.2 Å². The highest BCUT2D eigenvalue weighted by molar-refractivity contribution is 9.10. The molecule has 0 aliphatic carbocycles. The molecule has 1 fully saturated rings. The molecule has 0 bridgehead atoms. The molecule has 132 valence electrons. The van der Waals surface area contributed by atoms with Gasteiger partial charge in [0.25, 0.3) is 5.91 Å². The molecule has 0 unspecified atom stereocenters. The lowest BCUT2D eigenvalue weighted by Gasteiger charge is -2.16. The highest BCUT2D eigenvalue weighted by Crippen LogP contribution is 2.26. The lowest BCUT2D eigenvalue weighted by molar-refractivity contribution is 0.102. The average molecular weight is 427 g/mol. The summed E-state index contributed by atoms with van der Waals surface area (Å²) in [5.74, 6) is -1.37. The molecule has 3 rings (SSSR count). The summed E-state index contributed by atoms with van der Waals surface area (Å²) < 4.78 is 41.2. The van der Waals surface area contributed by atoms with E-state index in [1.54, 1.807) is 24.3 Å². The van der Waals surface area contributed by atoms with Gasteiger partial charge in [0.1, 0.15) is 10.7 Å². The van der Waals surface area contributed by atoms with Crippen LogP contribution >= 0.6 is 15.9 Å². The van der Waals surface area contributed by atoms with Crippen molar-refractivity contribution in [3.05, 3.63) is 58.3 Å². The Morgan fingerprint density at radius 1 is 1.12 bits per heavy atom. The number of benzene rings is 2. The maximum absolute atomic E-state index is 14.1. The van der Waals surface area contributed by atoms with Gasteiger partial charge in [-0.25, -0.2) is 12.8 Å². The van der Waals surface area contributed by atoms with E-state index in [0.717, 1.165) is 25.0 Å². The number of hydrogen-bond acceptors (Lipinski definition) is 3. The first-order valence-electron chi connectivity index (χ1n) is 7.75. The van der Waals surface area contributed by atoms with Gasteiger partial charge in [-0.15, -0.1) is 0 Å². The van der Waals surface area contributed by atoms with Crippen molar-refractivity contribution in [2.75, 3.05) is 18.4 Å². The largest absolute Gasteiger partial charge is 0.321 e. The van der Waals surface area contributed by atoms with Crippen molar-refractivity contribution in [3.63, 3.8) is 0 Å². The third kappa shape index (κ3) is 3.75. The van der Waals surface area contributed by atoms with E-state index in [1.165, 1.54) is 10.4 Å². The number of sulfonamides is 1. The zero-order valence-corrected chi connectivity index (χ0v) is 15.6. The van der Waals surface area contributed by atoms with Crippen LogP contribution in [0.25, 0.3) is 0 Å². The molecule has 25 heavy (non-hydrogen) atoms. The second-order valence-electron chi connectivity index (χ2n) is 5.69. The standard InChI is InChI=1S/C17H16BrFN2O3S/c18-13-5-1-2-6-15(13)20-17(22)12-7-8-14(19)16(11-12)25(23,24)21-9-3-4-10-21/h1-2,5-8,11H,3-4,9-10H2,(H,20,22). The van der Waals surface area contributed by atoms with E-state index in [-0.39, 0.29) is 5.56 Å². The number of amides is 1. The van der Waals surface area contributed by atoms with Crippen molar-refractivity contribution >= 4 is 37.5 Å². The fourth-order valence-electron chi connectivity index (χ4n) is 2.67.